The number of nitrogens with zero attached hydrogens (tertiary/aromatic N) is 2. The average molecular weight is 387 g/mol. The number of fused-ring (bicyclic) bond motifs is 3. The van der Waals surface area contributed by atoms with E-state index >= 15 is 0 Å². The summed E-state index contributed by atoms with van der Waals surface area (Å²) in [6.45, 7) is 2.91. The molecule has 0 unspecified atom stereocenters. The van der Waals surface area contributed by atoms with E-state index in [1.54, 1.807) is 18.4 Å². The van der Waals surface area contributed by atoms with Gasteiger partial charge in [0.1, 0.15) is 4.83 Å². The van der Waals surface area contributed by atoms with E-state index in [1.165, 1.54) is 11.3 Å². The third-order valence-electron chi connectivity index (χ3n) is 3.94. The van der Waals surface area contributed by atoms with Gasteiger partial charge in [0, 0.05) is 18.1 Å². The van der Waals surface area contributed by atoms with E-state index in [-0.39, 0.29) is 5.91 Å². The van der Waals surface area contributed by atoms with Gasteiger partial charge in [-0.15, -0.1) is 22.7 Å². The number of carbonyl (C=O) groups is 1. The van der Waals surface area contributed by atoms with Crippen LogP contribution in [0.5, 0.6) is 11.5 Å². The zero-order chi connectivity index (χ0) is 18.1. The summed E-state index contributed by atoms with van der Waals surface area (Å²) < 4.78 is 12.9. The lowest BCUT2D eigenvalue weighted by molar-refractivity contribution is 0.0955. The van der Waals surface area contributed by atoms with Crippen molar-refractivity contribution in [2.24, 2.45) is 0 Å². The third kappa shape index (κ3) is 3.02. The Morgan fingerprint density at radius 1 is 1.31 bits per heavy atom. The number of benzene rings is 1. The molecule has 0 atom stereocenters. The Bertz CT molecular complexity index is 1080. The third-order valence-corrected chi connectivity index (χ3v) is 5.72. The maximum absolute atomic E-state index is 12.5. The first-order valence-corrected chi connectivity index (χ1v) is 9.82. The van der Waals surface area contributed by atoms with E-state index in [1.807, 2.05) is 47.2 Å². The summed E-state index contributed by atoms with van der Waals surface area (Å²) in [5.74, 6) is 1.25. The molecule has 0 aliphatic carbocycles. The van der Waals surface area contributed by atoms with Crippen LogP contribution in [0.15, 0.2) is 35.8 Å². The predicted molar refractivity (Wildman–Crippen MR) is 104 cm³/mol. The van der Waals surface area contributed by atoms with Crippen molar-refractivity contribution in [3.63, 3.8) is 0 Å². The Morgan fingerprint density at radius 3 is 3.00 bits per heavy atom. The Morgan fingerprint density at radius 2 is 2.19 bits per heavy atom. The number of methoxy groups -OCH3 is 1. The largest absolute Gasteiger partial charge is 0.493 e. The topological polar surface area (TPSA) is 64.9 Å². The Kier molecular flexibility index (Phi) is 4.52. The van der Waals surface area contributed by atoms with Crippen LogP contribution in [0.25, 0.3) is 15.3 Å². The molecule has 1 N–H and O–H groups in total. The van der Waals surface area contributed by atoms with Crippen LogP contribution >= 0.6 is 22.7 Å². The fourth-order valence-electron chi connectivity index (χ4n) is 2.73. The van der Waals surface area contributed by atoms with Gasteiger partial charge in [0.15, 0.2) is 16.5 Å². The average Bonchev–Trinajstić information content (AvgIpc) is 3.32. The van der Waals surface area contributed by atoms with E-state index in [9.17, 15) is 4.79 Å². The van der Waals surface area contributed by atoms with E-state index in [0.29, 0.717) is 29.5 Å². The van der Waals surface area contributed by atoms with Gasteiger partial charge in [-0.1, -0.05) is 6.07 Å². The number of nitrogens with one attached hydrogen (secondary N) is 1. The first-order valence-electron chi connectivity index (χ1n) is 8.12. The number of thiazole rings is 1. The van der Waals surface area contributed by atoms with Gasteiger partial charge in [-0.05, 0) is 30.7 Å². The van der Waals surface area contributed by atoms with Crippen molar-refractivity contribution in [2.75, 3.05) is 13.7 Å². The van der Waals surface area contributed by atoms with Crippen molar-refractivity contribution in [1.82, 2.24) is 14.7 Å². The number of hydrogen-bond acceptors (Lipinski definition) is 6. The molecule has 3 aromatic heterocycles. The molecule has 0 aliphatic rings. The molecule has 0 radical (unpaired) electrons. The molecule has 0 fully saturated rings. The Hall–Kier alpha value is -2.58. The minimum absolute atomic E-state index is 0.107. The van der Waals surface area contributed by atoms with Crippen LogP contribution in [-0.4, -0.2) is 29.0 Å². The second-order valence-electron chi connectivity index (χ2n) is 5.57. The maximum Gasteiger partial charge on any atom is 0.261 e. The van der Waals surface area contributed by atoms with Gasteiger partial charge in [-0.2, -0.15) is 0 Å². The predicted octanol–water partition coefficient (Wildman–Crippen LogP) is 3.95. The molecule has 4 aromatic rings. The molecule has 6 nitrogen and oxygen atoms in total. The van der Waals surface area contributed by atoms with Crippen molar-refractivity contribution in [3.05, 3.63) is 46.3 Å². The normalized spacial score (nSPS) is 11.2. The molecule has 26 heavy (non-hydrogen) atoms. The monoisotopic (exact) mass is 387 g/mol. The molecule has 0 saturated heterocycles. The summed E-state index contributed by atoms with van der Waals surface area (Å²) in [6, 6.07) is 7.55. The van der Waals surface area contributed by atoms with Crippen LogP contribution in [0.2, 0.25) is 0 Å². The molecule has 1 amide bonds. The van der Waals surface area contributed by atoms with E-state index < -0.39 is 0 Å². The number of rotatable bonds is 6. The van der Waals surface area contributed by atoms with E-state index in [2.05, 4.69) is 10.3 Å². The number of aromatic nitrogens is 2. The minimum Gasteiger partial charge on any atom is -0.493 e. The van der Waals surface area contributed by atoms with E-state index in [0.717, 1.165) is 20.9 Å². The van der Waals surface area contributed by atoms with Crippen LogP contribution in [0.4, 0.5) is 0 Å². The highest BCUT2D eigenvalue weighted by molar-refractivity contribution is 7.21. The van der Waals surface area contributed by atoms with Crippen LogP contribution in [-0.2, 0) is 6.54 Å². The maximum atomic E-state index is 12.5. The van der Waals surface area contributed by atoms with Crippen molar-refractivity contribution < 1.29 is 14.3 Å². The van der Waals surface area contributed by atoms with Gasteiger partial charge >= 0.3 is 0 Å². The summed E-state index contributed by atoms with van der Waals surface area (Å²) in [4.78, 5) is 19.5. The zero-order valence-electron chi connectivity index (χ0n) is 14.3. The van der Waals surface area contributed by atoms with Crippen LogP contribution in [0.3, 0.4) is 0 Å². The standard InChI is InChI=1S/C18H17N3O3S2/c1-3-24-13-5-4-11(8-14(13)23-2)10-19-16(22)15-9-12-17(26-15)20-18-21(12)6-7-25-18/h4-9H,3,10H2,1-2H3,(H,19,22). The lowest BCUT2D eigenvalue weighted by Gasteiger charge is -2.11. The molecule has 4 rings (SSSR count). The van der Waals surface area contributed by atoms with E-state index in [4.69, 9.17) is 9.47 Å². The molecular weight excluding hydrogens is 370 g/mol. The first kappa shape index (κ1) is 16.9. The second kappa shape index (κ2) is 6.97. The molecule has 0 bridgehead atoms. The summed E-state index contributed by atoms with van der Waals surface area (Å²) in [7, 11) is 1.60. The van der Waals surface area contributed by atoms with Crippen molar-refractivity contribution in [2.45, 2.75) is 13.5 Å². The van der Waals surface area contributed by atoms with Gasteiger partial charge in [0.25, 0.3) is 5.91 Å². The lowest BCUT2D eigenvalue weighted by Crippen LogP contribution is -2.21. The molecule has 134 valence electrons. The van der Waals surface area contributed by atoms with Crippen LogP contribution < -0.4 is 14.8 Å². The number of ether oxygens (including phenoxy) is 2. The van der Waals surface area contributed by atoms with Gasteiger partial charge in [0.2, 0.25) is 0 Å². The van der Waals surface area contributed by atoms with Crippen molar-refractivity contribution >= 4 is 43.9 Å². The minimum atomic E-state index is -0.107. The molecule has 1 aromatic carbocycles. The molecule has 3 heterocycles. The molecule has 0 aliphatic heterocycles. The summed E-state index contributed by atoms with van der Waals surface area (Å²) in [5, 5.41) is 4.94. The first-order chi connectivity index (χ1) is 12.7. The van der Waals surface area contributed by atoms with Gasteiger partial charge in [-0.3, -0.25) is 9.20 Å². The number of amides is 1. The van der Waals surface area contributed by atoms with Crippen LogP contribution in [0.1, 0.15) is 22.2 Å². The molecule has 8 heteroatoms. The number of carbonyl (C=O) groups excluding carboxylic acids is 1. The smallest absolute Gasteiger partial charge is 0.261 e. The quantitative estimate of drug-likeness (QED) is 0.544. The molecule has 0 spiro atoms. The fraction of sp³-hybridized carbons (Fsp3) is 0.222. The van der Waals surface area contributed by atoms with Gasteiger partial charge in [0.05, 0.1) is 24.1 Å². The SMILES string of the molecule is CCOc1ccc(CNC(=O)c2cc3c(nc4sccn43)s2)cc1OC. The lowest BCUT2D eigenvalue weighted by atomic mass is 10.2. The van der Waals surface area contributed by atoms with Gasteiger partial charge in [-0.25, -0.2) is 4.98 Å². The Labute approximate surface area is 158 Å². The summed E-state index contributed by atoms with van der Waals surface area (Å²) >= 11 is 2.99. The highest BCUT2D eigenvalue weighted by Gasteiger charge is 2.15. The summed E-state index contributed by atoms with van der Waals surface area (Å²) in [6.07, 6.45) is 1.97. The number of hydrogen-bond donors (Lipinski definition) is 1. The van der Waals surface area contributed by atoms with Crippen LogP contribution in [0, 0.1) is 0 Å². The molecule has 0 saturated carbocycles. The fourth-order valence-corrected chi connectivity index (χ4v) is 4.44. The number of thiophene rings is 1. The second-order valence-corrected chi connectivity index (χ2v) is 7.47. The number of imidazole rings is 1. The Balaban J connectivity index is 1.48. The molecular formula is C18H17N3O3S2. The van der Waals surface area contributed by atoms with Crippen molar-refractivity contribution in [1.29, 1.82) is 0 Å². The highest BCUT2D eigenvalue weighted by atomic mass is 32.1. The highest BCUT2D eigenvalue weighted by Crippen LogP contribution is 2.29. The zero-order valence-corrected chi connectivity index (χ0v) is 15.9. The van der Waals surface area contributed by atoms with Crippen molar-refractivity contribution in [3.8, 4) is 11.5 Å². The van der Waals surface area contributed by atoms with Gasteiger partial charge < -0.3 is 14.8 Å². The summed E-state index contributed by atoms with van der Waals surface area (Å²) in [5.41, 5.74) is 1.92.